The number of hydrogen-bond acceptors (Lipinski definition) is 3. The average Bonchev–Trinajstić information content (AvgIpc) is 2.66. The molecule has 0 aromatic rings. The van der Waals surface area contributed by atoms with Crippen LogP contribution < -0.4 is 11.5 Å². The first kappa shape index (κ1) is 12.5. The van der Waals surface area contributed by atoms with E-state index < -0.39 is 11.9 Å². The number of carbonyl (C=O) groups excluding carboxylic acids is 1. The summed E-state index contributed by atoms with van der Waals surface area (Å²) in [7, 11) is 2.09. The van der Waals surface area contributed by atoms with Gasteiger partial charge >= 0.3 is 0 Å². The van der Waals surface area contributed by atoms with Crippen LogP contribution in [-0.4, -0.2) is 37.0 Å². The van der Waals surface area contributed by atoms with Gasteiger partial charge in [-0.2, -0.15) is 0 Å². The number of hydrogen-bond donors (Lipinski definition) is 2. The number of carbonyl (C=O) groups is 1. The molecule has 0 heterocycles. The minimum Gasteiger partial charge on any atom is -0.368 e. The zero-order chi connectivity index (χ0) is 11.3. The van der Waals surface area contributed by atoms with Gasteiger partial charge < -0.3 is 16.4 Å². The lowest BCUT2D eigenvalue weighted by Gasteiger charge is -2.21. The molecule has 0 aromatic heterocycles. The summed E-state index contributed by atoms with van der Waals surface area (Å²) in [4.78, 5) is 13.0. The molecule has 0 bridgehead atoms. The van der Waals surface area contributed by atoms with Gasteiger partial charge in [0, 0.05) is 6.54 Å². The molecule has 1 amide bonds. The maximum Gasteiger partial charge on any atom is 0.234 e. The fourth-order valence-electron chi connectivity index (χ4n) is 2.23. The standard InChI is InChI=1S/C11H23N3O/c1-14(7-6-10(12)11(13)15)8-9-4-2-3-5-9/h9-10H,2-8,12H2,1H3,(H2,13,15). The lowest BCUT2D eigenvalue weighted by atomic mass is 10.1. The molecule has 4 N–H and O–H groups in total. The summed E-state index contributed by atoms with van der Waals surface area (Å²) in [5, 5.41) is 0. The molecule has 0 aliphatic heterocycles. The SMILES string of the molecule is CN(CCC(N)C(N)=O)CC1CCCC1. The molecule has 4 heteroatoms. The smallest absolute Gasteiger partial charge is 0.234 e. The predicted octanol–water partition coefficient (Wildman–Crippen LogP) is 0.311. The number of nitrogens with zero attached hydrogens (tertiary/aromatic N) is 1. The molecule has 1 saturated carbocycles. The van der Waals surface area contributed by atoms with Gasteiger partial charge in [0.05, 0.1) is 6.04 Å². The van der Waals surface area contributed by atoms with Crippen molar-refractivity contribution >= 4 is 5.91 Å². The molecule has 0 aromatic carbocycles. The first-order chi connectivity index (χ1) is 7.09. The van der Waals surface area contributed by atoms with Crippen LogP contribution in [-0.2, 0) is 4.79 Å². The van der Waals surface area contributed by atoms with Gasteiger partial charge in [-0.15, -0.1) is 0 Å². The van der Waals surface area contributed by atoms with E-state index in [0.717, 1.165) is 19.0 Å². The van der Waals surface area contributed by atoms with Crippen molar-refractivity contribution in [1.82, 2.24) is 4.90 Å². The molecule has 0 saturated heterocycles. The highest BCUT2D eigenvalue weighted by Gasteiger charge is 2.17. The van der Waals surface area contributed by atoms with Crippen LogP contribution in [0.4, 0.5) is 0 Å². The van der Waals surface area contributed by atoms with Gasteiger partial charge in [0.25, 0.3) is 0 Å². The normalized spacial score (nSPS) is 19.7. The summed E-state index contributed by atoms with van der Waals surface area (Å²) in [6.45, 7) is 1.99. The maximum atomic E-state index is 10.7. The third-order valence-corrected chi connectivity index (χ3v) is 3.23. The lowest BCUT2D eigenvalue weighted by Crippen LogP contribution is -2.39. The Morgan fingerprint density at radius 3 is 2.60 bits per heavy atom. The van der Waals surface area contributed by atoms with Crippen molar-refractivity contribution in [2.45, 2.75) is 38.1 Å². The minimum absolute atomic E-state index is 0.399. The molecule has 0 radical (unpaired) electrons. The van der Waals surface area contributed by atoms with Crippen molar-refractivity contribution < 1.29 is 4.79 Å². The molecule has 1 fully saturated rings. The van der Waals surface area contributed by atoms with Crippen LogP contribution >= 0.6 is 0 Å². The molecule has 1 aliphatic rings. The van der Waals surface area contributed by atoms with Crippen molar-refractivity contribution in [3.05, 3.63) is 0 Å². The fraction of sp³-hybridized carbons (Fsp3) is 0.909. The molecule has 15 heavy (non-hydrogen) atoms. The Kier molecular flexibility index (Phi) is 5.05. The Morgan fingerprint density at radius 1 is 1.47 bits per heavy atom. The largest absolute Gasteiger partial charge is 0.368 e. The second-order valence-corrected chi connectivity index (χ2v) is 4.71. The molecule has 88 valence electrons. The Labute approximate surface area is 92.0 Å². The third-order valence-electron chi connectivity index (χ3n) is 3.23. The van der Waals surface area contributed by atoms with E-state index in [1.807, 2.05) is 0 Å². The summed E-state index contributed by atoms with van der Waals surface area (Å²) >= 11 is 0. The quantitative estimate of drug-likeness (QED) is 0.667. The monoisotopic (exact) mass is 213 g/mol. The van der Waals surface area contributed by atoms with Gasteiger partial charge in [-0.3, -0.25) is 4.79 Å². The summed E-state index contributed by atoms with van der Waals surface area (Å²) in [5.41, 5.74) is 10.7. The summed E-state index contributed by atoms with van der Waals surface area (Å²) in [6.07, 6.45) is 6.12. The lowest BCUT2D eigenvalue weighted by molar-refractivity contribution is -0.119. The second kappa shape index (κ2) is 6.08. The van der Waals surface area contributed by atoms with Crippen molar-refractivity contribution in [2.75, 3.05) is 20.1 Å². The zero-order valence-corrected chi connectivity index (χ0v) is 9.61. The molecule has 4 nitrogen and oxygen atoms in total. The van der Waals surface area contributed by atoms with Gasteiger partial charge in [-0.1, -0.05) is 12.8 Å². The summed E-state index contributed by atoms with van der Waals surface area (Å²) in [6, 6.07) is -0.490. The van der Waals surface area contributed by atoms with Crippen LogP contribution in [0.25, 0.3) is 0 Å². The van der Waals surface area contributed by atoms with Gasteiger partial charge in [-0.05, 0) is 38.8 Å². The minimum atomic E-state index is -0.490. The van der Waals surface area contributed by atoms with E-state index in [2.05, 4.69) is 11.9 Å². The Morgan fingerprint density at radius 2 is 2.07 bits per heavy atom. The highest BCUT2D eigenvalue weighted by molar-refractivity contribution is 5.79. The Bertz CT molecular complexity index is 202. The summed E-state index contributed by atoms with van der Waals surface area (Å²) in [5.74, 6) is 0.448. The van der Waals surface area contributed by atoms with E-state index >= 15 is 0 Å². The molecule has 1 rings (SSSR count). The van der Waals surface area contributed by atoms with Gasteiger partial charge in [0.1, 0.15) is 0 Å². The zero-order valence-electron chi connectivity index (χ0n) is 9.61. The van der Waals surface area contributed by atoms with Crippen LogP contribution in [0.15, 0.2) is 0 Å². The predicted molar refractivity (Wildman–Crippen MR) is 61.2 cm³/mol. The molecule has 1 atom stereocenters. The van der Waals surface area contributed by atoms with Crippen molar-refractivity contribution in [2.24, 2.45) is 17.4 Å². The molecular formula is C11H23N3O. The van der Waals surface area contributed by atoms with Crippen molar-refractivity contribution in [3.8, 4) is 0 Å². The fourth-order valence-corrected chi connectivity index (χ4v) is 2.23. The molecule has 1 aliphatic carbocycles. The van der Waals surface area contributed by atoms with Crippen LogP contribution in [0.5, 0.6) is 0 Å². The molecule has 1 unspecified atom stereocenters. The van der Waals surface area contributed by atoms with Gasteiger partial charge in [0.2, 0.25) is 5.91 Å². The van der Waals surface area contributed by atoms with Gasteiger partial charge in [-0.25, -0.2) is 0 Å². The topological polar surface area (TPSA) is 72.3 Å². The highest BCUT2D eigenvalue weighted by atomic mass is 16.1. The number of amides is 1. The van der Waals surface area contributed by atoms with Crippen LogP contribution in [0, 0.1) is 5.92 Å². The maximum absolute atomic E-state index is 10.7. The molecule has 0 spiro atoms. The van der Waals surface area contributed by atoms with E-state index in [-0.39, 0.29) is 0 Å². The highest BCUT2D eigenvalue weighted by Crippen LogP contribution is 2.25. The Hall–Kier alpha value is -0.610. The number of nitrogens with two attached hydrogens (primary N) is 2. The van der Waals surface area contributed by atoms with Crippen LogP contribution in [0.3, 0.4) is 0 Å². The third kappa shape index (κ3) is 4.62. The van der Waals surface area contributed by atoms with Crippen LogP contribution in [0.1, 0.15) is 32.1 Å². The van der Waals surface area contributed by atoms with E-state index in [9.17, 15) is 4.79 Å². The second-order valence-electron chi connectivity index (χ2n) is 4.71. The number of rotatable bonds is 6. The Balaban J connectivity index is 2.12. The van der Waals surface area contributed by atoms with Crippen molar-refractivity contribution in [1.29, 1.82) is 0 Å². The average molecular weight is 213 g/mol. The van der Waals surface area contributed by atoms with Gasteiger partial charge in [0.15, 0.2) is 0 Å². The first-order valence-corrected chi connectivity index (χ1v) is 5.83. The summed E-state index contributed by atoms with van der Waals surface area (Å²) < 4.78 is 0. The first-order valence-electron chi connectivity index (χ1n) is 5.83. The van der Waals surface area contributed by atoms with Crippen LogP contribution in [0.2, 0.25) is 0 Å². The van der Waals surface area contributed by atoms with E-state index in [0.29, 0.717) is 6.42 Å². The number of primary amides is 1. The van der Waals surface area contributed by atoms with E-state index in [1.165, 1.54) is 25.7 Å². The van der Waals surface area contributed by atoms with E-state index in [4.69, 9.17) is 11.5 Å². The molecular weight excluding hydrogens is 190 g/mol. The van der Waals surface area contributed by atoms with Crippen molar-refractivity contribution in [3.63, 3.8) is 0 Å². The van der Waals surface area contributed by atoms with E-state index in [1.54, 1.807) is 0 Å².